The van der Waals surface area contributed by atoms with E-state index in [4.69, 9.17) is 0 Å². The van der Waals surface area contributed by atoms with Crippen molar-refractivity contribution >= 4 is 59.1 Å². The average molecular weight is 564 g/mol. The Labute approximate surface area is 245 Å². The van der Waals surface area contributed by atoms with E-state index in [1.807, 2.05) is 0 Å². The molecule has 0 bridgehead atoms. The standard InChI is InChI=1S/C38H37NSi2/c1-40(2,3)33-18-14-26(15-19-33)30-22-28-12-13-29-23-31(27-16-20-34(21-17-27)41(4,5)6)25-36-38(29)37(28)35(24-30)39(36)32-10-8-7-9-11-32/h7-25H,1-6H3. The minimum atomic E-state index is -1.35. The highest BCUT2D eigenvalue weighted by molar-refractivity contribution is 6.89. The molecule has 202 valence electrons. The number of hydrogen-bond donors (Lipinski definition) is 0. The largest absolute Gasteiger partial charge is 0.309 e. The maximum Gasteiger partial charge on any atom is 0.0775 e. The molecule has 1 heterocycles. The summed E-state index contributed by atoms with van der Waals surface area (Å²) in [4.78, 5) is 0. The van der Waals surface area contributed by atoms with Crippen molar-refractivity contribution < 1.29 is 0 Å². The number of aromatic nitrogens is 1. The molecule has 1 nitrogen and oxygen atoms in total. The lowest BCUT2D eigenvalue weighted by Crippen LogP contribution is -2.37. The van der Waals surface area contributed by atoms with Crippen LogP contribution in [0.1, 0.15) is 0 Å². The fourth-order valence-corrected chi connectivity index (χ4v) is 8.61. The van der Waals surface area contributed by atoms with Gasteiger partial charge in [-0.05, 0) is 69.4 Å². The van der Waals surface area contributed by atoms with Crippen LogP contribution in [-0.2, 0) is 0 Å². The average Bonchev–Trinajstić information content (AvgIpc) is 3.30. The van der Waals surface area contributed by atoms with Crippen molar-refractivity contribution in [1.82, 2.24) is 4.57 Å². The van der Waals surface area contributed by atoms with Gasteiger partial charge in [0.1, 0.15) is 0 Å². The van der Waals surface area contributed by atoms with E-state index in [0.717, 1.165) is 0 Å². The first-order valence-corrected chi connectivity index (χ1v) is 21.7. The van der Waals surface area contributed by atoms with Crippen molar-refractivity contribution in [3.8, 4) is 27.9 Å². The predicted octanol–water partition coefficient (Wildman–Crippen LogP) is 9.80. The zero-order valence-corrected chi connectivity index (χ0v) is 26.9. The highest BCUT2D eigenvalue weighted by atomic mass is 28.3. The topological polar surface area (TPSA) is 4.93 Å². The van der Waals surface area contributed by atoms with Crippen LogP contribution >= 0.6 is 0 Å². The van der Waals surface area contributed by atoms with Crippen molar-refractivity contribution in [2.45, 2.75) is 39.3 Å². The third-order valence-corrected chi connectivity index (χ3v) is 12.8. The second-order valence-corrected chi connectivity index (χ2v) is 23.7. The summed E-state index contributed by atoms with van der Waals surface area (Å²) in [6.07, 6.45) is 0. The Morgan fingerprint density at radius 1 is 0.415 bits per heavy atom. The Bertz CT molecular complexity index is 1890. The van der Waals surface area contributed by atoms with Crippen molar-refractivity contribution in [3.05, 3.63) is 115 Å². The zero-order chi connectivity index (χ0) is 28.5. The summed E-state index contributed by atoms with van der Waals surface area (Å²) in [5.74, 6) is 0. The van der Waals surface area contributed by atoms with Gasteiger partial charge < -0.3 is 4.57 Å². The number of hydrogen-bond acceptors (Lipinski definition) is 0. The Balaban J connectivity index is 1.49. The second-order valence-electron chi connectivity index (χ2n) is 13.6. The van der Waals surface area contributed by atoms with Gasteiger partial charge in [-0.25, -0.2) is 0 Å². The van der Waals surface area contributed by atoms with Crippen molar-refractivity contribution in [2.75, 3.05) is 0 Å². The highest BCUT2D eigenvalue weighted by Crippen LogP contribution is 2.42. The summed E-state index contributed by atoms with van der Waals surface area (Å²) < 4.78 is 2.48. The van der Waals surface area contributed by atoms with Crippen molar-refractivity contribution in [1.29, 1.82) is 0 Å². The van der Waals surface area contributed by atoms with Crippen LogP contribution in [0.25, 0.3) is 60.5 Å². The number of para-hydroxylation sites is 1. The van der Waals surface area contributed by atoms with Gasteiger partial charge in [0.15, 0.2) is 0 Å². The Morgan fingerprint density at radius 2 is 0.829 bits per heavy atom. The minimum Gasteiger partial charge on any atom is -0.309 e. The van der Waals surface area contributed by atoms with Crippen molar-refractivity contribution in [3.63, 3.8) is 0 Å². The van der Waals surface area contributed by atoms with Gasteiger partial charge in [0.05, 0.1) is 27.2 Å². The van der Waals surface area contributed by atoms with E-state index in [2.05, 4.69) is 159 Å². The summed E-state index contributed by atoms with van der Waals surface area (Å²) in [7, 11) is -2.69. The number of benzene rings is 6. The van der Waals surface area contributed by atoms with E-state index in [1.165, 1.54) is 70.9 Å². The van der Waals surface area contributed by atoms with Gasteiger partial charge >= 0.3 is 0 Å². The zero-order valence-electron chi connectivity index (χ0n) is 24.9. The van der Waals surface area contributed by atoms with Crippen LogP contribution in [0.4, 0.5) is 0 Å². The monoisotopic (exact) mass is 563 g/mol. The summed E-state index contributed by atoms with van der Waals surface area (Å²) >= 11 is 0. The molecule has 1 aromatic heterocycles. The summed E-state index contributed by atoms with van der Waals surface area (Å²) in [6, 6.07) is 43.7. The lowest BCUT2D eigenvalue weighted by atomic mass is 9.95. The molecule has 7 rings (SSSR count). The molecular weight excluding hydrogens is 527 g/mol. The molecule has 0 spiro atoms. The van der Waals surface area contributed by atoms with E-state index in [-0.39, 0.29) is 0 Å². The normalized spacial score (nSPS) is 12.6. The Kier molecular flexibility index (Phi) is 5.90. The van der Waals surface area contributed by atoms with E-state index < -0.39 is 16.1 Å². The van der Waals surface area contributed by atoms with E-state index in [9.17, 15) is 0 Å². The van der Waals surface area contributed by atoms with E-state index in [0.29, 0.717) is 0 Å². The van der Waals surface area contributed by atoms with Crippen LogP contribution in [0.15, 0.2) is 115 Å². The maximum atomic E-state index is 2.48. The molecule has 0 amide bonds. The van der Waals surface area contributed by atoms with Gasteiger partial charge in [0.25, 0.3) is 0 Å². The lowest BCUT2D eigenvalue weighted by molar-refractivity contribution is 1.18. The second kappa shape index (κ2) is 9.30. The van der Waals surface area contributed by atoms with Gasteiger partial charge in [-0.2, -0.15) is 0 Å². The summed E-state index contributed by atoms with van der Waals surface area (Å²) in [5.41, 5.74) is 8.82. The lowest BCUT2D eigenvalue weighted by Gasteiger charge is -2.17. The molecule has 0 aliphatic carbocycles. The molecule has 0 N–H and O–H groups in total. The van der Waals surface area contributed by atoms with Gasteiger partial charge in [0, 0.05) is 16.5 Å². The summed E-state index contributed by atoms with van der Waals surface area (Å²) in [6.45, 7) is 14.5. The molecule has 3 heteroatoms. The molecule has 6 aromatic carbocycles. The SMILES string of the molecule is C[Si](C)(C)c1ccc(-c2cc3ccc4cc(-c5ccc([Si](C)(C)C)cc5)cc5c4c3c(c2)n5-c2ccccc2)cc1. The Morgan fingerprint density at radius 3 is 1.22 bits per heavy atom. The first kappa shape index (κ1) is 26.0. The fourth-order valence-electron chi connectivity index (χ4n) is 6.28. The van der Waals surface area contributed by atoms with E-state index >= 15 is 0 Å². The molecule has 0 unspecified atom stereocenters. The van der Waals surface area contributed by atoms with Crippen LogP contribution in [0, 0.1) is 0 Å². The fraction of sp³-hybridized carbons (Fsp3) is 0.158. The first-order chi connectivity index (χ1) is 19.6. The van der Waals surface area contributed by atoms with Crippen molar-refractivity contribution in [2.24, 2.45) is 0 Å². The maximum absolute atomic E-state index is 2.48. The molecule has 0 aliphatic heterocycles. The van der Waals surface area contributed by atoms with Gasteiger partial charge in [-0.15, -0.1) is 0 Å². The van der Waals surface area contributed by atoms with Crippen LogP contribution in [-0.4, -0.2) is 20.7 Å². The van der Waals surface area contributed by atoms with Crippen LogP contribution in [0.3, 0.4) is 0 Å². The van der Waals surface area contributed by atoms with Gasteiger partial charge in [0.2, 0.25) is 0 Å². The van der Waals surface area contributed by atoms with Crippen LogP contribution < -0.4 is 10.4 Å². The molecule has 0 saturated carbocycles. The Hall–Kier alpha value is -3.93. The smallest absolute Gasteiger partial charge is 0.0775 e. The van der Waals surface area contributed by atoms with Crippen LogP contribution in [0.5, 0.6) is 0 Å². The van der Waals surface area contributed by atoms with E-state index in [1.54, 1.807) is 0 Å². The van der Waals surface area contributed by atoms with Gasteiger partial charge in [-0.1, -0.05) is 129 Å². The summed E-state index contributed by atoms with van der Waals surface area (Å²) in [5, 5.41) is 8.29. The third kappa shape index (κ3) is 4.44. The molecule has 0 atom stereocenters. The van der Waals surface area contributed by atoms with Crippen LogP contribution in [0.2, 0.25) is 39.3 Å². The molecule has 0 fully saturated rings. The quantitative estimate of drug-likeness (QED) is 0.145. The van der Waals surface area contributed by atoms with Gasteiger partial charge in [-0.3, -0.25) is 0 Å². The molecule has 0 radical (unpaired) electrons. The first-order valence-electron chi connectivity index (χ1n) is 14.7. The molecule has 7 aromatic rings. The molecule has 0 saturated heterocycles. The third-order valence-electron chi connectivity index (χ3n) is 8.65. The molecular formula is C38H37NSi2. The highest BCUT2D eigenvalue weighted by Gasteiger charge is 2.21. The minimum absolute atomic E-state index is 1.20. The predicted molar refractivity (Wildman–Crippen MR) is 186 cm³/mol. The molecule has 0 aliphatic rings. The number of rotatable bonds is 5. The number of nitrogens with zero attached hydrogens (tertiary/aromatic N) is 1. The molecule has 41 heavy (non-hydrogen) atoms.